The van der Waals surface area contributed by atoms with Gasteiger partial charge in [-0.15, -0.1) is 3.89 Å². The second kappa shape index (κ2) is 2.71. The SMILES string of the molecule is O=S(=O)(F)C1C2CC3CC(C2)CC1C3. The fraction of sp³-hybridized carbons (Fsp3) is 1.00. The largest absolute Gasteiger partial charge is 0.305 e. The fourth-order valence-electron chi connectivity index (χ4n) is 4.33. The van der Waals surface area contributed by atoms with E-state index in [2.05, 4.69) is 0 Å². The van der Waals surface area contributed by atoms with E-state index in [1.807, 2.05) is 0 Å². The smallest absolute Gasteiger partial charge is 0.195 e. The Balaban J connectivity index is 1.95. The average molecular weight is 218 g/mol. The zero-order chi connectivity index (χ0) is 9.92. The second-order valence-electron chi connectivity index (χ2n) is 5.37. The van der Waals surface area contributed by atoms with Gasteiger partial charge in [0, 0.05) is 0 Å². The normalized spacial score (nSPS) is 51.1. The first-order valence-electron chi connectivity index (χ1n) is 5.47. The molecule has 0 heterocycles. The maximum atomic E-state index is 13.1. The molecule has 4 heteroatoms. The van der Waals surface area contributed by atoms with E-state index in [-0.39, 0.29) is 11.8 Å². The summed E-state index contributed by atoms with van der Waals surface area (Å²) in [5.41, 5.74) is 0. The van der Waals surface area contributed by atoms with Gasteiger partial charge in [0.15, 0.2) is 0 Å². The molecule has 4 aliphatic carbocycles. The van der Waals surface area contributed by atoms with Gasteiger partial charge in [0.1, 0.15) is 0 Å². The van der Waals surface area contributed by atoms with Crippen molar-refractivity contribution in [3.63, 3.8) is 0 Å². The van der Waals surface area contributed by atoms with Gasteiger partial charge in [-0.25, -0.2) is 0 Å². The quantitative estimate of drug-likeness (QED) is 0.632. The lowest BCUT2D eigenvalue weighted by atomic mass is 9.56. The van der Waals surface area contributed by atoms with E-state index in [4.69, 9.17) is 0 Å². The second-order valence-corrected chi connectivity index (χ2v) is 6.87. The maximum Gasteiger partial charge on any atom is 0.305 e. The number of rotatable bonds is 1. The third-order valence-corrected chi connectivity index (χ3v) is 5.89. The molecule has 0 saturated heterocycles. The average Bonchev–Trinajstić information content (AvgIpc) is 1.97. The van der Waals surface area contributed by atoms with Gasteiger partial charge in [-0.1, -0.05) is 0 Å². The minimum absolute atomic E-state index is 0.140. The van der Waals surface area contributed by atoms with E-state index in [1.165, 1.54) is 6.42 Å². The summed E-state index contributed by atoms with van der Waals surface area (Å²) in [6, 6.07) is 0. The van der Waals surface area contributed by atoms with E-state index in [0.29, 0.717) is 11.8 Å². The van der Waals surface area contributed by atoms with Crippen molar-refractivity contribution in [2.75, 3.05) is 0 Å². The zero-order valence-electron chi connectivity index (χ0n) is 8.02. The highest BCUT2D eigenvalue weighted by molar-refractivity contribution is 7.87. The van der Waals surface area contributed by atoms with E-state index >= 15 is 0 Å². The summed E-state index contributed by atoms with van der Waals surface area (Å²) in [5, 5.41) is -0.643. The minimum Gasteiger partial charge on any atom is -0.195 e. The van der Waals surface area contributed by atoms with E-state index in [1.54, 1.807) is 0 Å². The van der Waals surface area contributed by atoms with E-state index in [0.717, 1.165) is 25.7 Å². The van der Waals surface area contributed by atoms with Gasteiger partial charge in [-0.2, -0.15) is 8.42 Å². The van der Waals surface area contributed by atoms with Crippen molar-refractivity contribution in [2.45, 2.75) is 37.4 Å². The van der Waals surface area contributed by atoms with Crippen molar-refractivity contribution in [1.82, 2.24) is 0 Å². The summed E-state index contributed by atoms with van der Waals surface area (Å²) < 4.78 is 35.2. The molecule has 80 valence electrons. The summed E-state index contributed by atoms with van der Waals surface area (Å²) in [5.74, 6) is 1.69. The molecule has 4 saturated carbocycles. The molecule has 0 aromatic carbocycles. The van der Waals surface area contributed by atoms with Crippen LogP contribution in [0.3, 0.4) is 0 Å². The highest BCUT2D eigenvalue weighted by Gasteiger charge is 2.53. The lowest BCUT2D eigenvalue weighted by molar-refractivity contribution is 0.0225. The van der Waals surface area contributed by atoms with Crippen molar-refractivity contribution in [1.29, 1.82) is 0 Å². The third kappa shape index (κ3) is 1.23. The van der Waals surface area contributed by atoms with Crippen LogP contribution in [0.15, 0.2) is 0 Å². The first-order valence-corrected chi connectivity index (χ1v) is 6.92. The van der Waals surface area contributed by atoms with Gasteiger partial charge in [-0.05, 0) is 55.8 Å². The molecule has 0 N–H and O–H groups in total. The lowest BCUT2D eigenvalue weighted by Gasteiger charge is -2.52. The van der Waals surface area contributed by atoms with Crippen molar-refractivity contribution < 1.29 is 12.3 Å². The van der Waals surface area contributed by atoms with Crippen LogP contribution in [0.2, 0.25) is 0 Å². The van der Waals surface area contributed by atoms with Crippen LogP contribution in [0.25, 0.3) is 0 Å². The van der Waals surface area contributed by atoms with E-state index in [9.17, 15) is 12.3 Å². The Kier molecular flexibility index (Phi) is 1.77. The highest BCUT2D eigenvalue weighted by atomic mass is 32.3. The van der Waals surface area contributed by atoms with Gasteiger partial charge < -0.3 is 0 Å². The van der Waals surface area contributed by atoms with E-state index < -0.39 is 15.5 Å². The maximum absolute atomic E-state index is 13.1. The van der Waals surface area contributed by atoms with Crippen LogP contribution in [0.1, 0.15) is 32.1 Å². The zero-order valence-corrected chi connectivity index (χ0v) is 8.84. The Morgan fingerprint density at radius 3 is 1.64 bits per heavy atom. The topological polar surface area (TPSA) is 34.1 Å². The molecule has 0 amide bonds. The molecule has 0 aromatic rings. The highest BCUT2D eigenvalue weighted by Crippen LogP contribution is 2.55. The summed E-state index contributed by atoms with van der Waals surface area (Å²) in [6.07, 6.45) is 5.11. The Morgan fingerprint density at radius 1 is 0.857 bits per heavy atom. The Morgan fingerprint density at radius 2 is 1.29 bits per heavy atom. The van der Waals surface area contributed by atoms with Gasteiger partial charge in [0.25, 0.3) is 0 Å². The van der Waals surface area contributed by atoms with Gasteiger partial charge in [0.05, 0.1) is 5.25 Å². The number of halogens is 1. The van der Waals surface area contributed by atoms with Crippen LogP contribution >= 0.6 is 0 Å². The van der Waals surface area contributed by atoms with Crippen molar-refractivity contribution in [2.24, 2.45) is 23.7 Å². The summed E-state index contributed by atoms with van der Waals surface area (Å²) >= 11 is 0. The van der Waals surface area contributed by atoms with Crippen LogP contribution in [-0.2, 0) is 10.2 Å². The summed E-state index contributed by atoms with van der Waals surface area (Å²) in [6.45, 7) is 0. The molecule has 0 aliphatic heterocycles. The van der Waals surface area contributed by atoms with Crippen molar-refractivity contribution >= 4 is 10.2 Å². The van der Waals surface area contributed by atoms with Crippen LogP contribution in [0, 0.1) is 23.7 Å². The van der Waals surface area contributed by atoms with Gasteiger partial charge in [-0.3, -0.25) is 0 Å². The summed E-state index contributed by atoms with van der Waals surface area (Å²) in [4.78, 5) is 0. The molecule has 0 radical (unpaired) electrons. The molecule has 4 aliphatic rings. The predicted octanol–water partition coefficient (Wildman–Crippen LogP) is 2.11. The molecule has 0 atom stereocenters. The molecular formula is C10H15FO2S. The Bertz CT molecular complexity index is 321. The molecule has 0 unspecified atom stereocenters. The molecule has 4 bridgehead atoms. The first kappa shape index (κ1) is 9.13. The van der Waals surface area contributed by atoms with Crippen LogP contribution < -0.4 is 0 Å². The number of hydrogen-bond donors (Lipinski definition) is 0. The lowest BCUT2D eigenvalue weighted by Crippen LogP contribution is -2.50. The predicted molar refractivity (Wildman–Crippen MR) is 50.9 cm³/mol. The third-order valence-electron chi connectivity index (χ3n) is 4.47. The van der Waals surface area contributed by atoms with Crippen molar-refractivity contribution in [3.05, 3.63) is 0 Å². The molecule has 14 heavy (non-hydrogen) atoms. The number of hydrogen-bond acceptors (Lipinski definition) is 2. The molecule has 2 nitrogen and oxygen atoms in total. The van der Waals surface area contributed by atoms with Crippen molar-refractivity contribution in [3.8, 4) is 0 Å². The monoisotopic (exact) mass is 218 g/mol. The first-order chi connectivity index (χ1) is 6.54. The minimum atomic E-state index is -4.29. The molecule has 4 fully saturated rings. The van der Waals surface area contributed by atoms with Crippen LogP contribution in [-0.4, -0.2) is 13.7 Å². The molecular weight excluding hydrogens is 203 g/mol. The van der Waals surface area contributed by atoms with Gasteiger partial charge in [0.2, 0.25) is 0 Å². The molecule has 4 rings (SSSR count). The van der Waals surface area contributed by atoms with Gasteiger partial charge >= 0.3 is 10.2 Å². The Labute approximate surface area is 84.1 Å². The van der Waals surface area contributed by atoms with Crippen LogP contribution in [0.4, 0.5) is 3.89 Å². The Hall–Kier alpha value is -0.120. The molecule has 0 aromatic heterocycles. The standard InChI is InChI=1S/C10H15FO2S/c11-14(12,13)10-8-2-6-1-7(4-8)5-9(10)3-6/h6-10H,1-5H2. The summed E-state index contributed by atoms with van der Waals surface area (Å²) in [7, 11) is -4.29. The molecule has 0 spiro atoms. The fourth-order valence-corrected chi connectivity index (χ4v) is 5.70. The van der Waals surface area contributed by atoms with Crippen LogP contribution in [0.5, 0.6) is 0 Å².